The smallest absolute Gasteiger partial charge is 0.161 e. The zero-order valence-corrected chi connectivity index (χ0v) is 8.47. The molecule has 0 saturated heterocycles. The second kappa shape index (κ2) is 2.89. The van der Waals surface area contributed by atoms with Crippen LogP contribution in [0, 0.1) is 0 Å². The topological polar surface area (TPSA) is 47.3 Å². The first-order chi connectivity index (χ1) is 7.24. The third-order valence-corrected chi connectivity index (χ3v) is 2.70. The van der Waals surface area contributed by atoms with E-state index in [4.69, 9.17) is 0 Å². The minimum absolute atomic E-state index is 0.0559. The normalized spacial score (nSPS) is 15.8. The third kappa shape index (κ3) is 1.42. The van der Waals surface area contributed by atoms with Gasteiger partial charge in [0, 0.05) is 17.7 Å². The van der Waals surface area contributed by atoms with Crippen LogP contribution < -0.4 is 0 Å². The maximum atomic E-state index is 11.2. The molecule has 0 unspecified atom stereocenters. The molecule has 3 rings (SSSR count). The van der Waals surface area contributed by atoms with Crippen LogP contribution >= 0.6 is 0 Å². The Hall–Kier alpha value is -1.71. The summed E-state index contributed by atoms with van der Waals surface area (Å²) in [5.74, 6) is 1.52. The Morgan fingerprint density at radius 2 is 2.27 bits per heavy atom. The first-order valence-corrected chi connectivity index (χ1v) is 5.11. The largest absolute Gasteiger partial charge is 0.294 e. The van der Waals surface area contributed by atoms with Crippen LogP contribution in [0.4, 0.5) is 0 Å². The number of fused-ring (bicyclic) bond motifs is 1. The van der Waals surface area contributed by atoms with E-state index in [1.54, 1.807) is 23.7 Å². The van der Waals surface area contributed by atoms with Crippen LogP contribution in [0.25, 0.3) is 5.65 Å². The van der Waals surface area contributed by atoms with E-state index in [2.05, 4.69) is 10.1 Å². The van der Waals surface area contributed by atoms with Gasteiger partial charge in [-0.1, -0.05) is 0 Å². The van der Waals surface area contributed by atoms with Crippen molar-refractivity contribution in [3.63, 3.8) is 0 Å². The van der Waals surface area contributed by atoms with E-state index in [1.165, 1.54) is 12.8 Å². The molecule has 1 saturated carbocycles. The fourth-order valence-electron chi connectivity index (χ4n) is 1.62. The van der Waals surface area contributed by atoms with Crippen molar-refractivity contribution in [1.29, 1.82) is 0 Å². The number of hydrogen-bond acceptors (Lipinski definition) is 3. The van der Waals surface area contributed by atoms with Crippen molar-refractivity contribution in [2.75, 3.05) is 0 Å². The molecule has 0 N–H and O–H groups in total. The summed E-state index contributed by atoms with van der Waals surface area (Å²) < 4.78 is 1.70. The van der Waals surface area contributed by atoms with Crippen LogP contribution in [0.1, 0.15) is 41.9 Å². The minimum Gasteiger partial charge on any atom is -0.294 e. The number of pyridine rings is 1. The summed E-state index contributed by atoms with van der Waals surface area (Å²) in [5, 5.41) is 4.37. The highest BCUT2D eigenvalue weighted by Gasteiger charge is 2.27. The van der Waals surface area contributed by atoms with Crippen LogP contribution in [0.3, 0.4) is 0 Å². The van der Waals surface area contributed by atoms with Crippen molar-refractivity contribution in [3.8, 4) is 0 Å². The SMILES string of the molecule is CC(=O)c1ccc2nc(C3CC3)nn2c1. The van der Waals surface area contributed by atoms with Crippen LogP contribution in [0.15, 0.2) is 18.3 Å². The second-order valence-corrected chi connectivity index (χ2v) is 4.02. The van der Waals surface area contributed by atoms with Crippen molar-refractivity contribution < 1.29 is 4.79 Å². The van der Waals surface area contributed by atoms with Gasteiger partial charge in [-0.2, -0.15) is 5.10 Å². The van der Waals surface area contributed by atoms with Crippen molar-refractivity contribution in [2.45, 2.75) is 25.7 Å². The van der Waals surface area contributed by atoms with E-state index in [0.29, 0.717) is 11.5 Å². The van der Waals surface area contributed by atoms with Gasteiger partial charge in [-0.05, 0) is 31.9 Å². The number of ketones is 1. The zero-order valence-electron chi connectivity index (χ0n) is 8.47. The Bertz CT molecular complexity index is 540. The zero-order chi connectivity index (χ0) is 10.4. The molecule has 2 aromatic heterocycles. The van der Waals surface area contributed by atoms with Crippen molar-refractivity contribution in [2.24, 2.45) is 0 Å². The maximum absolute atomic E-state index is 11.2. The lowest BCUT2D eigenvalue weighted by Gasteiger charge is -1.94. The summed E-state index contributed by atoms with van der Waals surface area (Å²) in [7, 11) is 0. The molecule has 0 aliphatic heterocycles. The summed E-state index contributed by atoms with van der Waals surface area (Å²) in [6.45, 7) is 1.56. The van der Waals surface area contributed by atoms with Gasteiger partial charge < -0.3 is 0 Å². The first-order valence-electron chi connectivity index (χ1n) is 5.11. The number of Topliss-reactive ketones (excluding diaryl/α,β-unsaturated/α-hetero) is 1. The van der Waals surface area contributed by atoms with Gasteiger partial charge in [-0.15, -0.1) is 0 Å². The van der Waals surface area contributed by atoms with Gasteiger partial charge in [-0.25, -0.2) is 9.50 Å². The van der Waals surface area contributed by atoms with Crippen LogP contribution in [0.2, 0.25) is 0 Å². The van der Waals surface area contributed by atoms with E-state index in [-0.39, 0.29) is 5.78 Å². The molecule has 2 heterocycles. The van der Waals surface area contributed by atoms with E-state index < -0.39 is 0 Å². The highest BCUT2D eigenvalue weighted by Crippen LogP contribution is 2.38. The molecule has 15 heavy (non-hydrogen) atoms. The molecule has 4 heteroatoms. The number of carbonyl (C=O) groups excluding carboxylic acids is 1. The number of carbonyl (C=O) groups is 1. The average molecular weight is 201 g/mol. The molecule has 0 amide bonds. The van der Waals surface area contributed by atoms with Gasteiger partial charge in [0.15, 0.2) is 17.3 Å². The highest BCUT2D eigenvalue weighted by atomic mass is 16.1. The average Bonchev–Trinajstić information content (AvgIpc) is 2.97. The Morgan fingerprint density at radius 1 is 1.47 bits per heavy atom. The molecule has 0 aromatic carbocycles. The van der Waals surface area contributed by atoms with Gasteiger partial charge in [0.1, 0.15) is 0 Å². The van der Waals surface area contributed by atoms with Crippen molar-refractivity contribution in [1.82, 2.24) is 14.6 Å². The van der Waals surface area contributed by atoms with Crippen molar-refractivity contribution >= 4 is 11.4 Å². The van der Waals surface area contributed by atoms with Gasteiger partial charge >= 0.3 is 0 Å². The Balaban J connectivity index is 2.13. The lowest BCUT2D eigenvalue weighted by Crippen LogP contribution is -1.96. The van der Waals surface area contributed by atoms with Gasteiger partial charge in [-0.3, -0.25) is 4.79 Å². The summed E-state index contributed by atoms with van der Waals surface area (Å²) in [4.78, 5) is 15.6. The fraction of sp³-hybridized carbons (Fsp3) is 0.364. The Morgan fingerprint density at radius 3 is 2.93 bits per heavy atom. The van der Waals surface area contributed by atoms with E-state index in [9.17, 15) is 4.79 Å². The number of hydrogen-bond donors (Lipinski definition) is 0. The fourth-order valence-corrected chi connectivity index (χ4v) is 1.62. The summed E-state index contributed by atoms with van der Waals surface area (Å²) >= 11 is 0. The molecule has 76 valence electrons. The highest BCUT2D eigenvalue weighted by molar-refractivity contribution is 5.93. The lowest BCUT2D eigenvalue weighted by atomic mass is 10.2. The molecule has 2 aromatic rings. The molecule has 0 atom stereocenters. The molecular weight excluding hydrogens is 190 g/mol. The molecule has 0 spiro atoms. The number of rotatable bonds is 2. The van der Waals surface area contributed by atoms with E-state index in [1.807, 2.05) is 6.07 Å². The quantitative estimate of drug-likeness (QED) is 0.696. The predicted octanol–water partition coefficient (Wildman–Crippen LogP) is 1.81. The van der Waals surface area contributed by atoms with E-state index >= 15 is 0 Å². The first kappa shape index (κ1) is 8.59. The molecular formula is C11H11N3O. The maximum Gasteiger partial charge on any atom is 0.161 e. The summed E-state index contributed by atoms with van der Waals surface area (Å²) in [6, 6.07) is 3.64. The van der Waals surface area contributed by atoms with Crippen LogP contribution in [-0.2, 0) is 0 Å². The Labute approximate surface area is 86.9 Å². The molecule has 1 aliphatic carbocycles. The minimum atomic E-state index is 0.0559. The monoisotopic (exact) mass is 201 g/mol. The van der Waals surface area contributed by atoms with Crippen LogP contribution in [-0.4, -0.2) is 20.4 Å². The lowest BCUT2D eigenvalue weighted by molar-refractivity contribution is 0.101. The van der Waals surface area contributed by atoms with Gasteiger partial charge in [0.05, 0.1) is 0 Å². The van der Waals surface area contributed by atoms with Crippen LogP contribution in [0.5, 0.6) is 0 Å². The van der Waals surface area contributed by atoms with Gasteiger partial charge in [0.2, 0.25) is 0 Å². The summed E-state index contributed by atoms with van der Waals surface area (Å²) in [6.07, 6.45) is 4.13. The molecule has 4 nitrogen and oxygen atoms in total. The standard InChI is InChI=1S/C11H11N3O/c1-7(15)9-4-5-10-12-11(8-2-3-8)13-14(10)6-9/h4-6,8H,2-3H2,1H3. The molecule has 1 fully saturated rings. The van der Waals surface area contributed by atoms with E-state index in [0.717, 1.165) is 11.5 Å². The number of nitrogens with zero attached hydrogens (tertiary/aromatic N) is 3. The molecule has 1 aliphatic rings. The van der Waals surface area contributed by atoms with Crippen molar-refractivity contribution in [3.05, 3.63) is 29.7 Å². The molecule has 0 bridgehead atoms. The summed E-state index contributed by atoms with van der Waals surface area (Å²) in [5.41, 5.74) is 1.50. The third-order valence-electron chi connectivity index (χ3n) is 2.70. The predicted molar refractivity (Wildman–Crippen MR) is 55.0 cm³/mol. The number of aromatic nitrogens is 3. The van der Waals surface area contributed by atoms with Gasteiger partial charge in [0.25, 0.3) is 0 Å². The second-order valence-electron chi connectivity index (χ2n) is 4.02. The molecule has 0 radical (unpaired) electrons. The Kier molecular flexibility index (Phi) is 1.65.